The maximum absolute atomic E-state index is 12.7. The minimum Gasteiger partial charge on any atom is -0.481 e. The lowest BCUT2D eigenvalue weighted by Gasteiger charge is -2.22. The normalized spacial score (nSPS) is 12.5. The van der Waals surface area contributed by atoms with E-state index in [4.69, 9.17) is 9.84 Å². The monoisotopic (exact) mass is 446 g/mol. The number of carboxylic acids is 1. The Kier molecular flexibility index (Phi) is 8.91. The van der Waals surface area contributed by atoms with E-state index < -0.39 is 69.4 Å². The van der Waals surface area contributed by atoms with Crippen LogP contribution in [0.1, 0.15) is 25.8 Å². The predicted molar refractivity (Wildman–Crippen MR) is 102 cm³/mol. The average Bonchev–Trinajstić information content (AvgIpc) is 2.66. The highest BCUT2D eigenvalue weighted by molar-refractivity contribution is 7.80. The van der Waals surface area contributed by atoms with Crippen molar-refractivity contribution < 1.29 is 34.1 Å². The summed E-state index contributed by atoms with van der Waals surface area (Å²) in [6.07, 6.45) is 0.167. The van der Waals surface area contributed by atoms with Crippen LogP contribution in [0.3, 0.4) is 0 Å². The molecule has 0 radical (unpaired) electrons. The summed E-state index contributed by atoms with van der Waals surface area (Å²) in [6.45, 7) is 1.54. The molecule has 164 valence electrons. The number of aromatic nitrogens is 1. The number of nitrogens with one attached hydrogen (secondary N) is 1. The summed E-state index contributed by atoms with van der Waals surface area (Å²) < 4.78 is 5.48. The van der Waals surface area contributed by atoms with E-state index in [0.29, 0.717) is 17.0 Å². The Morgan fingerprint density at radius 1 is 1.23 bits per heavy atom. The van der Waals surface area contributed by atoms with Gasteiger partial charge in [0, 0.05) is 12.2 Å². The Morgan fingerprint density at radius 2 is 1.77 bits per heavy atom. The molecule has 0 aliphatic heterocycles. The average molecular weight is 446 g/mol. The van der Waals surface area contributed by atoms with E-state index in [1.165, 1.54) is 6.92 Å². The molecule has 30 heavy (non-hydrogen) atoms. The van der Waals surface area contributed by atoms with Crippen LogP contribution in [0, 0.1) is 20.2 Å². The molecule has 0 bridgehead atoms. The Labute approximate surface area is 173 Å². The Hall–Kier alpha value is -3.49. The number of amides is 1. The summed E-state index contributed by atoms with van der Waals surface area (Å²) in [5.41, 5.74) is -3.82. The van der Waals surface area contributed by atoms with Crippen molar-refractivity contribution in [3.63, 3.8) is 0 Å². The number of carboxylic acid groups (broad SMARTS) is 1. The highest BCUT2D eigenvalue weighted by Crippen LogP contribution is 2.20. The summed E-state index contributed by atoms with van der Waals surface area (Å²) >= 11 is 3.93. The first-order valence-corrected chi connectivity index (χ1v) is 9.00. The first-order chi connectivity index (χ1) is 14.0. The SMILES string of the molecule is CCOC(=O)[C@H](CS)NC(=O)[C@@H](CCC(=O)O)n1cc([N+](=O)[O-])c(=O)c([N+](=O)[O-])c1. The molecule has 1 aromatic rings. The molecule has 0 aliphatic rings. The predicted octanol–water partition coefficient (Wildman–Crippen LogP) is 0.0483. The van der Waals surface area contributed by atoms with E-state index in [0.717, 1.165) is 0 Å². The number of esters is 1. The van der Waals surface area contributed by atoms with E-state index in [9.17, 15) is 39.4 Å². The van der Waals surface area contributed by atoms with Crippen LogP contribution < -0.4 is 10.7 Å². The van der Waals surface area contributed by atoms with Crippen LogP contribution in [0.15, 0.2) is 17.2 Å². The number of aliphatic carboxylic acids is 1. The number of carbonyl (C=O) groups excluding carboxylic acids is 2. The molecular weight excluding hydrogens is 428 g/mol. The third kappa shape index (κ3) is 6.26. The van der Waals surface area contributed by atoms with Crippen molar-refractivity contribution in [1.29, 1.82) is 0 Å². The van der Waals surface area contributed by atoms with Gasteiger partial charge in [-0.25, -0.2) is 4.79 Å². The van der Waals surface area contributed by atoms with Gasteiger partial charge >= 0.3 is 28.7 Å². The van der Waals surface area contributed by atoms with E-state index in [1.54, 1.807) is 0 Å². The quantitative estimate of drug-likeness (QED) is 0.180. The van der Waals surface area contributed by atoms with Gasteiger partial charge in [0.15, 0.2) is 0 Å². The summed E-state index contributed by atoms with van der Waals surface area (Å²) in [5.74, 6) is -3.29. The second-order valence-electron chi connectivity index (χ2n) is 5.76. The van der Waals surface area contributed by atoms with Gasteiger partial charge < -0.3 is 19.7 Å². The Bertz CT molecular complexity index is 877. The van der Waals surface area contributed by atoms with Crippen LogP contribution >= 0.6 is 12.6 Å². The number of pyridine rings is 1. The molecule has 14 nitrogen and oxygen atoms in total. The maximum Gasteiger partial charge on any atom is 0.339 e. The van der Waals surface area contributed by atoms with Gasteiger partial charge in [-0.1, -0.05) is 0 Å². The topological polar surface area (TPSA) is 201 Å². The molecule has 0 unspecified atom stereocenters. The van der Waals surface area contributed by atoms with Crippen molar-refractivity contribution in [1.82, 2.24) is 9.88 Å². The lowest BCUT2D eigenvalue weighted by atomic mass is 10.1. The molecule has 15 heteroatoms. The van der Waals surface area contributed by atoms with Gasteiger partial charge in [-0.15, -0.1) is 0 Å². The molecule has 0 aromatic carbocycles. The van der Waals surface area contributed by atoms with Crippen molar-refractivity contribution in [3.8, 4) is 0 Å². The molecule has 0 saturated heterocycles. The largest absolute Gasteiger partial charge is 0.481 e. The molecule has 2 atom stereocenters. The minimum absolute atomic E-state index is 0.0134. The van der Waals surface area contributed by atoms with E-state index in [-0.39, 0.29) is 12.4 Å². The van der Waals surface area contributed by atoms with Crippen molar-refractivity contribution in [2.24, 2.45) is 0 Å². The summed E-state index contributed by atoms with van der Waals surface area (Å²) in [6, 6.07) is -2.74. The second kappa shape index (κ2) is 10.9. The third-order valence-electron chi connectivity index (χ3n) is 3.77. The molecule has 1 aromatic heterocycles. The number of thiol groups is 1. The Morgan fingerprint density at radius 3 is 2.17 bits per heavy atom. The van der Waals surface area contributed by atoms with Crippen molar-refractivity contribution in [3.05, 3.63) is 42.8 Å². The molecule has 1 rings (SSSR count). The number of rotatable bonds is 11. The maximum atomic E-state index is 12.7. The van der Waals surface area contributed by atoms with Gasteiger partial charge in [0.1, 0.15) is 12.1 Å². The van der Waals surface area contributed by atoms with Crippen LogP contribution in [0.4, 0.5) is 11.4 Å². The van der Waals surface area contributed by atoms with Gasteiger partial charge in [0.05, 0.1) is 28.8 Å². The second-order valence-corrected chi connectivity index (χ2v) is 6.13. The number of nitrogens with zero attached hydrogens (tertiary/aromatic N) is 3. The fourth-order valence-electron chi connectivity index (χ4n) is 2.37. The fraction of sp³-hybridized carbons (Fsp3) is 0.467. The number of nitro groups is 2. The summed E-state index contributed by atoms with van der Waals surface area (Å²) in [7, 11) is 0. The third-order valence-corrected chi connectivity index (χ3v) is 4.13. The van der Waals surface area contributed by atoms with E-state index in [1.807, 2.05) is 0 Å². The number of carbonyl (C=O) groups is 3. The van der Waals surface area contributed by atoms with E-state index >= 15 is 0 Å². The molecule has 2 N–H and O–H groups in total. The van der Waals surface area contributed by atoms with Gasteiger partial charge in [-0.05, 0) is 13.3 Å². The van der Waals surface area contributed by atoms with Gasteiger partial charge in [0.25, 0.3) is 0 Å². The molecule has 0 saturated carbocycles. The number of hydrogen-bond donors (Lipinski definition) is 3. The van der Waals surface area contributed by atoms with Crippen molar-refractivity contribution >= 4 is 41.8 Å². The van der Waals surface area contributed by atoms with Crippen LogP contribution in [0.5, 0.6) is 0 Å². The van der Waals surface area contributed by atoms with Crippen LogP contribution in [-0.4, -0.2) is 55.8 Å². The van der Waals surface area contributed by atoms with E-state index in [2.05, 4.69) is 17.9 Å². The van der Waals surface area contributed by atoms with Crippen LogP contribution in [0.25, 0.3) is 0 Å². The molecule has 0 aliphatic carbocycles. The lowest BCUT2D eigenvalue weighted by molar-refractivity contribution is -0.397. The molecule has 0 fully saturated rings. The Balaban J connectivity index is 3.43. The van der Waals surface area contributed by atoms with Crippen molar-refractivity contribution in [2.45, 2.75) is 31.8 Å². The fourth-order valence-corrected chi connectivity index (χ4v) is 2.61. The van der Waals surface area contributed by atoms with Gasteiger partial charge in [-0.3, -0.25) is 34.6 Å². The molecule has 1 amide bonds. The molecular formula is C15H18N4O10S. The minimum atomic E-state index is -1.52. The zero-order valence-corrected chi connectivity index (χ0v) is 16.4. The highest BCUT2D eigenvalue weighted by Gasteiger charge is 2.31. The first-order valence-electron chi connectivity index (χ1n) is 8.37. The van der Waals surface area contributed by atoms with Crippen LogP contribution in [-0.2, 0) is 19.1 Å². The zero-order valence-electron chi connectivity index (χ0n) is 15.5. The van der Waals surface area contributed by atoms with Gasteiger partial charge in [0.2, 0.25) is 5.91 Å². The number of ether oxygens (including phenoxy) is 1. The standard InChI is InChI=1S/C15H18N4O10S/c1-2-29-15(24)8(7-30)16-14(23)9(3-4-12(20)21)17-5-10(18(25)26)13(22)11(6-17)19(27)28/h5-6,8-9,30H,2-4,7H2,1H3,(H,16,23)(H,20,21)/t8-,9+/m0/s1. The van der Waals surface area contributed by atoms with Crippen molar-refractivity contribution in [2.75, 3.05) is 12.4 Å². The smallest absolute Gasteiger partial charge is 0.339 e. The van der Waals surface area contributed by atoms with Crippen LogP contribution in [0.2, 0.25) is 0 Å². The summed E-state index contributed by atoms with van der Waals surface area (Å²) in [5, 5.41) is 33.4. The van der Waals surface area contributed by atoms with Gasteiger partial charge in [-0.2, -0.15) is 12.6 Å². The first kappa shape index (κ1) is 24.5. The molecule has 1 heterocycles. The number of hydrogen-bond acceptors (Lipinski definition) is 10. The lowest BCUT2D eigenvalue weighted by Crippen LogP contribution is -2.46. The summed E-state index contributed by atoms with van der Waals surface area (Å²) in [4.78, 5) is 67.3. The highest BCUT2D eigenvalue weighted by atomic mass is 32.1. The molecule has 0 spiro atoms. The zero-order chi connectivity index (χ0) is 23.0.